The smallest absolute Gasteiger partial charge is 0.197 e. The average Bonchev–Trinajstić information content (AvgIpc) is 3.33. The maximum absolute atomic E-state index is 12.5. The third kappa shape index (κ3) is 17.6. The largest absolute Gasteiger partial charge is 0.508 e. The quantitative estimate of drug-likeness (QED) is 0.0356. The second-order valence-corrected chi connectivity index (χ2v) is 14.9. The van der Waals surface area contributed by atoms with Crippen LogP contribution in [0.1, 0.15) is 0 Å². The molecule has 0 amide bonds. The third-order valence-corrected chi connectivity index (χ3v) is 9.84. The van der Waals surface area contributed by atoms with E-state index in [4.69, 9.17) is 60.9 Å². The van der Waals surface area contributed by atoms with Crippen LogP contribution in [0, 0.1) is 0 Å². The van der Waals surface area contributed by atoms with E-state index in [0.29, 0.717) is 166 Å². The first-order valence-electron chi connectivity index (χ1n) is 22.4. The predicted molar refractivity (Wildman–Crippen MR) is 251 cm³/mol. The summed E-state index contributed by atoms with van der Waals surface area (Å²) < 4.78 is 72.6. The molecule has 0 radical (unpaired) electrons. The van der Waals surface area contributed by atoms with Gasteiger partial charge in [-0.2, -0.15) is 0 Å². The predicted octanol–water partition coefficient (Wildman–Crippen LogP) is 5.66. The molecular weight excluding hydrogens is 905 g/mol. The molecule has 0 saturated heterocycles. The topological polar surface area (TPSA) is 243 Å². The monoisotopic (exact) mass is 962 g/mol. The van der Waals surface area contributed by atoms with Crippen molar-refractivity contribution in [1.82, 2.24) is 0 Å². The molecule has 6 rings (SSSR count). The number of benzene rings is 4. The second-order valence-electron chi connectivity index (χ2n) is 14.9. The average molecular weight is 963 g/mol. The third-order valence-electron chi connectivity index (χ3n) is 9.84. The van der Waals surface area contributed by atoms with Gasteiger partial charge in [-0.1, -0.05) is 0 Å². The minimum absolute atomic E-state index is 0.00822. The summed E-state index contributed by atoms with van der Waals surface area (Å²) in [6.07, 6.45) is 0. The van der Waals surface area contributed by atoms with Crippen molar-refractivity contribution in [3.05, 3.63) is 105 Å². The minimum Gasteiger partial charge on any atom is -0.508 e. The van der Waals surface area contributed by atoms with Gasteiger partial charge in [-0.25, -0.2) is 0 Å². The molecule has 0 saturated carbocycles. The van der Waals surface area contributed by atoms with Crippen LogP contribution in [0.15, 0.2) is 103 Å². The van der Waals surface area contributed by atoms with E-state index < -0.39 is 10.9 Å². The summed E-state index contributed by atoms with van der Waals surface area (Å²) in [5.41, 5.74) is 0.612. The first-order chi connectivity index (χ1) is 33.7. The van der Waals surface area contributed by atoms with Gasteiger partial charge in [0.25, 0.3) is 0 Å². The Morgan fingerprint density at radius 1 is 0.333 bits per heavy atom. The highest BCUT2D eigenvalue weighted by atomic mass is 16.6. The van der Waals surface area contributed by atoms with Gasteiger partial charge in [0.05, 0.1) is 119 Å². The first kappa shape index (κ1) is 52.1. The number of ether oxygens (including phenoxy) is 11. The van der Waals surface area contributed by atoms with Crippen LogP contribution in [0.2, 0.25) is 0 Å². The van der Waals surface area contributed by atoms with Crippen LogP contribution in [0.25, 0.3) is 44.6 Å². The number of rotatable bonds is 34. The Bertz CT molecular complexity index is 2380. The summed E-state index contributed by atoms with van der Waals surface area (Å²) in [6, 6.07) is 21.3. The molecule has 0 bridgehead atoms. The van der Waals surface area contributed by atoms with Crippen LogP contribution in [0.3, 0.4) is 0 Å². The molecule has 19 heteroatoms. The Labute approximate surface area is 397 Å². The Morgan fingerprint density at radius 2 is 0.594 bits per heavy atom. The summed E-state index contributed by atoms with van der Waals surface area (Å²) in [6.45, 7) is 8.46. The maximum Gasteiger partial charge on any atom is 0.197 e. The molecule has 0 aliphatic rings. The van der Waals surface area contributed by atoms with E-state index in [1.807, 2.05) is 0 Å². The van der Waals surface area contributed by atoms with Crippen molar-refractivity contribution in [3.63, 3.8) is 0 Å². The van der Waals surface area contributed by atoms with Crippen LogP contribution < -0.4 is 20.3 Å². The Kier molecular flexibility index (Phi) is 21.8. The fourth-order valence-corrected chi connectivity index (χ4v) is 6.52. The molecule has 0 spiro atoms. The minimum atomic E-state index is -0.417. The zero-order valence-corrected chi connectivity index (χ0v) is 38.1. The van der Waals surface area contributed by atoms with E-state index in [-0.39, 0.29) is 44.9 Å². The van der Waals surface area contributed by atoms with Gasteiger partial charge >= 0.3 is 0 Å². The van der Waals surface area contributed by atoms with Crippen LogP contribution in [0.4, 0.5) is 0 Å². The van der Waals surface area contributed by atoms with E-state index in [0.717, 1.165) is 12.1 Å². The summed E-state index contributed by atoms with van der Waals surface area (Å²) in [7, 11) is 0. The number of hydrogen-bond donors (Lipinski definition) is 4. The number of aromatic hydroxyl groups is 4. The van der Waals surface area contributed by atoms with Crippen molar-refractivity contribution in [2.75, 3.05) is 132 Å². The fraction of sp³-hybridized carbons (Fsp3) is 0.400. The molecule has 0 atom stereocenters. The highest BCUT2D eigenvalue weighted by Crippen LogP contribution is 2.32. The Morgan fingerprint density at radius 3 is 0.870 bits per heavy atom. The lowest BCUT2D eigenvalue weighted by molar-refractivity contribution is -0.0257. The van der Waals surface area contributed by atoms with E-state index in [1.165, 1.54) is 24.3 Å². The van der Waals surface area contributed by atoms with Gasteiger partial charge in [0.1, 0.15) is 81.2 Å². The molecule has 4 aromatic carbocycles. The van der Waals surface area contributed by atoms with Crippen molar-refractivity contribution >= 4 is 21.9 Å². The van der Waals surface area contributed by atoms with E-state index >= 15 is 0 Å². The molecule has 372 valence electrons. The van der Waals surface area contributed by atoms with Crippen molar-refractivity contribution < 1.29 is 81.4 Å². The number of phenolic OH excluding ortho intramolecular Hbond substituents is 4. The molecule has 0 fully saturated rings. The van der Waals surface area contributed by atoms with Crippen molar-refractivity contribution in [1.29, 1.82) is 0 Å². The lowest BCUT2D eigenvalue weighted by Gasteiger charge is -2.10. The summed E-state index contributed by atoms with van der Waals surface area (Å²) >= 11 is 0. The molecule has 0 aliphatic carbocycles. The van der Waals surface area contributed by atoms with Gasteiger partial charge in [-0.05, 0) is 48.5 Å². The molecule has 2 aromatic heterocycles. The SMILES string of the molecule is O=c1cc(-c2ccc(OCCOCCOCCOCCOCCOCCOCCOCCOCCOCCOc3ccc(-c4cc(=O)c5c(O)cc(O)cc5o4)cc3)cc2)oc2cc(O)cc(O)c12. The molecular formula is C50H58O19. The van der Waals surface area contributed by atoms with Gasteiger partial charge in [0.2, 0.25) is 0 Å². The molecule has 69 heavy (non-hydrogen) atoms. The van der Waals surface area contributed by atoms with Gasteiger partial charge < -0.3 is 81.4 Å². The van der Waals surface area contributed by atoms with Gasteiger partial charge in [0, 0.05) is 47.5 Å². The highest BCUT2D eigenvalue weighted by molar-refractivity contribution is 5.87. The maximum atomic E-state index is 12.5. The van der Waals surface area contributed by atoms with E-state index in [2.05, 4.69) is 0 Å². The Balaban J connectivity index is 0.633. The zero-order chi connectivity index (χ0) is 48.5. The molecule has 0 aliphatic heterocycles. The number of phenols is 4. The van der Waals surface area contributed by atoms with Crippen molar-refractivity contribution in [2.45, 2.75) is 0 Å². The number of hydrogen-bond acceptors (Lipinski definition) is 19. The first-order valence-corrected chi connectivity index (χ1v) is 22.4. The fourth-order valence-electron chi connectivity index (χ4n) is 6.52. The number of fused-ring (bicyclic) bond motifs is 2. The molecule has 0 unspecified atom stereocenters. The zero-order valence-electron chi connectivity index (χ0n) is 38.1. The van der Waals surface area contributed by atoms with Crippen molar-refractivity contribution in [2.24, 2.45) is 0 Å². The summed E-state index contributed by atoms with van der Waals surface area (Å²) in [5.74, 6) is 0.733. The standard InChI is InChI=1S/C50H58O19/c51-37-29-41(53)49-43(55)33-45(68-47(49)31-37)35-1-5-39(6-2-35)66-27-25-64-23-21-62-19-17-60-15-13-58-11-9-57-10-12-59-14-16-61-18-20-63-22-24-65-26-28-67-40-7-3-36(4-8-40)46-34-44(56)50-42(54)30-38(52)32-48(50)69-46/h1-8,29-34,51-54H,9-28H2. The second kappa shape index (κ2) is 28.9. The lowest BCUT2D eigenvalue weighted by atomic mass is 10.1. The van der Waals surface area contributed by atoms with Crippen LogP contribution in [-0.4, -0.2) is 153 Å². The normalized spacial score (nSPS) is 11.5. The van der Waals surface area contributed by atoms with E-state index in [1.54, 1.807) is 48.5 Å². The van der Waals surface area contributed by atoms with Gasteiger partial charge in [-0.3, -0.25) is 9.59 Å². The molecule has 4 N–H and O–H groups in total. The lowest BCUT2D eigenvalue weighted by Crippen LogP contribution is -2.15. The van der Waals surface area contributed by atoms with Crippen molar-refractivity contribution in [3.8, 4) is 57.1 Å². The van der Waals surface area contributed by atoms with Gasteiger partial charge in [0.15, 0.2) is 10.9 Å². The highest BCUT2D eigenvalue weighted by Gasteiger charge is 2.14. The molecule has 19 nitrogen and oxygen atoms in total. The van der Waals surface area contributed by atoms with E-state index in [9.17, 15) is 30.0 Å². The van der Waals surface area contributed by atoms with Gasteiger partial charge in [-0.15, -0.1) is 0 Å². The van der Waals surface area contributed by atoms with Crippen LogP contribution in [-0.2, 0) is 42.6 Å². The summed E-state index contributed by atoms with van der Waals surface area (Å²) in [5, 5.41) is 39.4. The Hall–Kier alpha value is -6.26. The van der Waals surface area contributed by atoms with Crippen LogP contribution in [0.5, 0.6) is 34.5 Å². The van der Waals surface area contributed by atoms with Crippen LogP contribution >= 0.6 is 0 Å². The molecule has 2 heterocycles. The molecule has 6 aromatic rings. The summed E-state index contributed by atoms with van der Waals surface area (Å²) in [4.78, 5) is 25.0.